The summed E-state index contributed by atoms with van der Waals surface area (Å²) in [5, 5.41) is 10.2. The Morgan fingerprint density at radius 1 is 0.977 bits per heavy atom. The third kappa shape index (κ3) is 7.18. The minimum Gasteiger partial charge on any atom is -0.496 e. The average molecular weight is 596 g/mol. The van der Waals surface area contributed by atoms with Crippen molar-refractivity contribution < 1.29 is 14.3 Å². The maximum absolute atomic E-state index is 13.0. The molecule has 2 amide bonds. The number of anilines is 4. The van der Waals surface area contributed by atoms with Crippen molar-refractivity contribution in [1.82, 2.24) is 19.4 Å². The molecule has 3 aromatic carbocycles. The van der Waals surface area contributed by atoms with E-state index in [2.05, 4.69) is 25.9 Å². The first-order valence-electron chi connectivity index (χ1n) is 13.4. The summed E-state index contributed by atoms with van der Waals surface area (Å²) < 4.78 is 7.35. The summed E-state index contributed by atoms with van der Waals surface area (Å²) in [6, 6.07) is 21.6. The highest BCUT2D eigenvalue weighted by molar-refractivity contribution is 6.32. The van der Waals surface area contributed by atoms with Crippen molar-refractivity contribution in [2.45, 2.75) is 0 Å². The molecule has 0 aliphatic carbocycles. The predicted octanol–water partition coefficient (Wildman–Crippen LogP) is 6.13. The summed E-state index contributed by atoms with van der Waals surface area (Å²) in [5.74, 6) is 0.998. The lowest BCUT2D eigenvalue weighted by Gasteiger charge is -2.12. The average Bonchev–Trinajstić information content (AvgIpc) is 3.42. The molecule has 2 aromatic heterocycles. The van der Waals surface area contributed by atoms with Gasteiger partial charge in [0, 0.05) is 46.8 Å². The van der Waals surface area contributed by atoms with Crippen molar-refractivity contribution in [3.05, 3.63) is 108 Å². The van der Waals surface area contributed by atoms with E-state index in [9.17, 15) is 9.59 Å². The minimum atomic E-state index is -0.323. The van der Waals surface area contributed by atoms with Gasteiger partial charge >= 0.3 is 0 Å². The number of amides is 2. The Hall–Kier alpha value is -5.19. The number of carbonyl (C=O) groups excluding carboxylic acids is 2. The first-order chi connectivity index (χ1) is 20.8. The van der Waals surface area contributed by atoms with Gasteiger partial charge in [-0.05, 0) is 68.7 Å². The Kier molecular flexibility index (Phi) is 8.99. The highest BCUT2D eigenvalue weighted by atomic mass is 35.5. The summed E-state index contributed by atoms with van der Waals surface area (Å²) in [4.78, 5) is 36.2. The quantitative estimate of drug-likeness (QED) is 0.166. The number of nitrogens with zero attached hydrogens (tertiary/aromatic N) is 4. The zero-order valence-corrected chi connectivity index (χ0v) is 24.6. The molecule has 0 atom stereocenters. The van der Waals surface area contributed by atoms with Gasteiger partial charge in [0.1, 0.15) is 10.8 Å². The standard InChI is InChI=1S/C32H30ClN7O3/c1-39(2)16-7-14-29(41)35-22-9-4-8-21(18-22)31(42)36-23-10-5-11-24(19-23)37-32-34-20-26(33)30(38-32)40-17-15-25-27(40)12-6-13-28(25)43-3/h4-15,17-20H,16H2,1-3H3,(H,35,41)(H,36,42)(H,34,37,38)/b14-7+. The predicted molar refractivity (Wildman–Crippen MR) is 171 cm³/mol. The van der Waals surface area contributed by atoms with Gasteiger partial charge in [0.2, 0.25) is 11.9 Å². The van der Waals surface area contributed by atoms with E-state index in [1.807, 2.05) is 60.1 Å². The van der Waals surface area contributed by atoms with Crippen molar-refractivity contribution in [3.8, 4) is 11.6 Å². The van der Waals surface area contributed by atoms with Crippen LogP contribution in [0.25, 0.3) is 16.7 Å². The second kappa shape index (κ2) is 13.2. The van der Waals surface area contributed by atoms with Crippen LogP contribution in [0.3, 0.4) is 0 Å². The lowest BCUT2D eigenvalue weighted by atomic mass is 10.1. The van der Waals surface area contributed by atoms with Crippen LogP contribution in [0, 0.1) is 0 Å². The summed E-state index contributed by atoms with van der Waals surface area (Å²) in [7, 11) is 5.47. The highest BCUT2D eigenvalue weighted by Gasteiger charge is 2.14. The van der Waals surface area contributed by atoms with Crippen molar-refractivity contribution in [1.29, 1.82) is 0 Å². The fourth-order valence-electron chi connectivity index (χ4n) is 4.39. The Morgan fingerprint density at radius 3 is 2.51 bits per heavy atom. The van der Waals surface area contributed by atoms with Crippen LogP contribution in [0.1, 0.15) is 10.4 Å². The lowest BCUT2D eigenvalue weighted by molar-refractivity contribution is -0.111. The second-order valence-corrected chi connectivity index (χ2v) is 10.2. The molecule has 0 bridgehead atoms. The summed E-state index contributed by atoms with van der Waals surface area (Å²) in [6.07, 6.45) is 6.65. The number of likely N-dealkylation sites (N-methyl/N-ethyl adjacent to an activating group) is 1. The van der Waals surface area contributed by atoms with Gasteiger partial charge in [0.15, 0.2) is 5.82 Å². The van der Waals surface area contributed by atoms with Gasteiger partial charge in [0.25, 0.3) is 5.91 Å². The van der Waals surface area contributed by atoms with Crippen molar-refractivity contribution in [2.75, 3.05) is 43.7 Å². The summed E-state index contributed by atoms with van der Waals surface area (Å²) in [5.41, 5.74) is 3.03. The van der Waals surface area contributed by atoms with E-state index in [0.717, 1.165) is 16.7 Å². The van der Waals surface area contributed by atoms with Gasteiger partial charge in [0.05, 0.1) is 18.8 Å². The minimum absolute atomic E-state index is 0.268. The topological polar surface area (TPSA) is 113 Å². The number of methoxy groups -OCH3 is 1. The number of benzene rings is 3. The third-order valence-electron chi connectivity index (χ3n) is 6.38. The van der Waals surface area contributed by atoms with Gasteiger partial charge in [-0.25, -0.2) is 4.98 Å². The molecule has 11 heteroatoms. The molecule has 5 rings (SSSR count). The number of rotatable bonds is 10. The van der Waals surface area contributed by atoms with Crippen molar-refractivity contribution in [3.63, 3.8) is 0 Å². The first-order valence-corrected chi connectivity index (χ1v) is 13.8. The van der Waals surface area contributed by atoms with E-state index >= 15 is 0 Å². The first kappa shape index (κ1) is 29.3. The van der Waals surface area contributed by atoms with E-state index < -0.39 is 0 Å². The van der Waals surface area contributed by atoms with Crippen LogP contribution in [-0.4, -0.2) is 59.0 Å². The number of nitrogens with one attached hydrogen (secondary N) is 3. The molecule has 0 saturated carbocycles. The Morgan fingerprint density at radius 2 is 1.72 bits per heavy atom. The third-order valence-corrected chi connectivity index (χ3v) is 6.64. The number of hydrogen-bond donors (Lipinski definition) is 3. The van der Waals surface area contributed by atoms with Crippen LogP contribution >= 0.6 is 11.6 Å². The smallest absolute Gasteiger partial charge is 0.255 e. The SMILES string of the molecule is COc1cccc2c1ccn2-c1nc(Nc2cccc(NC(=O)c3cccc(NC(=O)/C=C/CN(C)C)c3)c2)ncc1Cl. The normalized spacial score (nSPS) is 11.2. The van der Waals surface area contributed by atoms with Crippen LogP contribution in [0.4, 0.5) is 23.0 Å². The van der Waals surface area contributed by atoms with E-state index in [-0.39, 0.29) is 11.8 Å². The van der Waals surface area contributed by atoms with Gasteiger partial charge in [-0.3, -0.25) is 14.2 Å². The van der Waals surface area contributed by atoms with Crippen LogP contribution in [0.5, 0.6) is 5.75 Å². The van der Waals surface area contributed by atoms with Gasteiger partial charge in [-0.1, -0.05) is 35.9 Å². The van der Waals surface area contributed by atoms with Gasteiger partial charge in [-0.2, -0.15) is 4.98 Å². The van der Waals surface area contributed by atoms with E-state index in [1.165, 1.54) is 12.3 Å². The molecule has 2 heterocycles. The van der Waals surface area contributed by atoms with E-state index in [1.54, 1.807) is 55.7 Å². The molecule has 218 valence electrons. The molecule has 43 heavy (non-hydrogen) atoms. The van der Waals surface area contributed by atoms with Crippen LogP contribution in [0.2, 0.25) is 5.02 Å². The molecule has 0 aliphatic rings. The Balaban J connectivity index is 1.29. The molecule has 0 saturated heterocycles. The zero-order valence-electron chi connectivity index (χ0n) is 23.8. The van der Waals surface area contributed by atoms with E-state index in [4.69, 9.17) is 16.3 Å². The Labute approximate surface area is 254 Å². The number of aromatic nitrogens is 3. The van der Waals surface area contributed by atoms with Crippen molar-refractivity contribution >= 4 is 57.3 Å². The summed E-state index contributed by atoms with van der Waals surface area (Å²) in [6.45, 7) is 0.648. The molecule has 5 aromatic rings. The number of carbonyl (C=O) groups is 2. The fourth-order valence-corrected chi connectivity index (χ4v) is 4.57. The van der Waals surface area contributed by atoms with E-state index in [0.29, 0.717) is 46.0 Å². The largest absolute Gasteiger partial charge is 0.496 e. The van der Waals surface area contributed by atoms with Gasteiger partial charge in [-0.15, -0.1) is 0 Å². The lowest BCUT2D eigenvalue weighted by Crippen LogP contribution is -2.14. The number of halogens is 1. The molecule has 0 unspecified atom stereocenters. The maximum atomic E-state index is 13.0. The van der Waals surface area contributed by atoms with Crippen molar-refractivity contribution in [2.24, 2.45) is 0 Å². The highest BCUT2D eigenvalue weighted by Crippen LogP contribution is 2.30. The molecule has 10 nitrogen and oxygen atoms in total. The number of fused-ring (bicyclic) bond motifs is 1. The number of ether oxygens (including phenoxy) is 1. The van der Waals surface area contributed by atoms with Crippen LogP contribution in [0.15, 0.2) is 97.3 Å². The molecule has 0 fully saturated rings. The molecular weight excluding hydrogens is 566 g/mol. The van der Waals surface area contributed by atoms with Gasteiger partial charge < -0.3 is 25.6 Å². The number of hydrogen-bond acceptors (Lipinski definition) is 7. The summed E-state index contributed by atoms with van der Waals surface area (Å²) >= 11 is 6.50. The molecule has 3 N–H and O–H groups in total. The molecule has 0 radical (unpaired) electrons. The Bertz CT molecular complexity index is 1820. The zero-order chi connectivity index (χ0) is 30.3. The van der Waals surface area contributed by atoms with Crippen LogP contribution < -0.4 is 20.7 Å². The molecule has 0 aliphatic heterocycles. The van der Waals surface area contributed by atoms with Crippen LogP contribution in [-0.2, 0) is 4.79 Å². The molecule has 0 spiro atoms. The second-order valence-electron chi connectivity index (χ2n) is 9.84. The monoisotopic (exact) mass is 595 g/mol. The maximum Gasteiger partial charge on any atom is 0.255 e. The molecular formula is C32H30ClN7O3. The fraction of sp³-hybridized carbons (Fsp3) is 0.125.